The highest BCUT2D eigenvalue weighted by Crippen LogP contribution is 2.68. The summed E-state index contributed by atoms with van der Waals surface area (Å²) in [6, 6.07) is 1.43. The van der Waals surface area contributed by atoms with E-state index in [4.69, 9.17) is 0 Å². The Bertz CT molecular complexity index is 604. The lowest BCUT2D eigenvalue weighted by Gasteiger charge is -2.25. The van der Waals surface area contributed by atoms with Gasteiger partial charge in [0, 0.05) is 0 Å². The van der Waals surface area contributed by atoms with Gasteiger partial charge >= 0.3 is 20.2 Å². The molecule has 13 heteroatoms. The van der Waals surface area contributed by atoms with Crippen LogP contribution in [0.3, 0.4) is 0 Å². The number of hydrogen-bond donors (Lipinski definition) is 0. The number of alkyl halides is 6. The molecule has 116 valence electrons. The molecule has 0 saturated carbocycles. The SMILES string of the molecule is O=P12ON(O1)N(c1c(C(F)(F)F)cccc1C(F)(F)F)O2. The van der Waals surface area contributed by atoms with Gasteiger partial charge in [0.2, 0.25) is 0 Å². The molecule has 0 amide bonds. The Kier molecular flexibility index (Phi) is 2.86. The zero-order valence-corrected chi connectivity index (χ0v) is 10.4. The molecule has 0 unspecified atom stereocenters. The molecule has 3 heterocycles. The minimum absolute atomic E-state index is 0.0423. The first-order chi connectivity index (χ1) is 9.51. The van der Waals surface area contributed by atoms with Gasteiger partial charge in [0.15, 0.2) is 0 Å². The number of anilines is 1. The van der Waals surface area contributed by atoms with Gasteiger partial charge in [0.05, 0.1) is 16.5 Å². The number of para-hydroxylation sites is 1. The molecule has 0 radical (unpaired) electrons. The second-order valence-corrected chi connectivity index (χ2v) is 5.28. The number of rotatable bonds is 1. The van der Waals surface area contributed by atoms with Crippen LogP contribution in [-0.4, -0.2) is 5.34 Å². The molecule has 3 aliphatic rings. The Labute approximate surface area is 111 Å². The minimum Gasteiger partial charge on any atom is -0.222 e. The van der Waals surface area contributed by atoms with Gasteiger partial charge in [-0.3, -0.25) is 0 Å². The third-order valence-corrected chi connectivity index (χ3v) is 3.54. The summed E-state index contributed by atoms with van der Waals surface area (Å²) in [6.07, 6.45) is -10.2. The number of hydrazine groups is 1. The maximum atomic E-state index is 12.9. The molecule has 1 aromatic rings. The smallest absolute Gasteiger partial charge is 0.222 e. The molecule has 4 rings (SSSR count). The summed E-state index contributed by atoms with van der Waals surface area (Å²) in [5, 5.41) is -0.0347. The molecule has 3 fully saturated rings. The molecule has 0 N–H and O–H groups in total. The van der Waals surface area contributed by atoms with Crippen LogP contribution < -0.4 is 5.17 Å². The average molecular weight is 336 g/mol. The number of benzene rings is 1. The van der Waals surface area contributed by atoms with Crippen LogP contribution in [-0.2, 0) is 30.8 Å². The summed E-state index contributed by atoms with van der Waals surface area (Å²) < 4.78 is 101. The fourth-order valence-electron chi connectivity index (χ4n) is 1.73. The van der Waals surface area contributed by atoms with Crippen molar-refractivity contribution in [2.45, 2.75) is 12.4 Å². The Morgan fingerprint density at radius 2 is 1.38 bits per heavy atom. The van der Waals surface area contributed by atoms with Gasteiger partial charge < -0.3 is 0 Å². The van der Waals surface area contributed by atoms with E-state index < -0.39 is 37.0 Å². The molecule has 21 heavy (non-hydrogen) atoms. The summed E-state index contributed by atoms with van der Waals surface area (Å²) in [6.45, 7) is 0. The zero-order chi connectivity index (χ0) is 15.6. The van der Waals surface area contributed by atoms with Crippen molar-refractivity contribution in [3.63, 3.8) is 0 Å². The Hall–Kier alpha value is -1.33. The van der Waals surface area contributed by atoms with E-state index in [1.54, 1.807) is 0 Å². The molecular formula is C8H3F6N2O4P. The Balaban J connectivity index is 2.18. The lowest BCUT2D eigenvalue weighted by atomic mass is 10.1. The molecule has 6 nitrogen and oxygen atoms in total. The largest absolute Gasteiger partial charge is 0.538 e. The van der Waals surface area contributed by atoms with E-state index in [1.807, 2.05) is 0 Å². The molecular weight excluding hydrogens is 333 g/mol. The molecule has 0 atom stereocenters. The standard InChI is InChI=1S/C8H3F6N2O4P/c9-7(10,11)4-2-1-3-5(8(12,13)14)6(4)15-16-19-21(17,18-15)20-16/h1-3H. The molecule has 0 aromatic heterocycles. The van der Waals surface area contributed by atoms with E-state index in [2.05, 4.69) is 13.9 Å². The fourth-order valence-corrected chi connectivity index (χ4v) is 2.60. The lowest BCUT2D eigenvalue weighted by molar-refractivity contribution is -0.319. The van der Waals surface area contributed by atoms with E-state index in [0.29, 0.717) is 18.2 Å². The summed E-state index contributed by atoms with van der Waals surface area (Å²) in [5.74, 6) is 0. The van der Waals surface area contributed by atoms with Gasteiger partial charge in [-0.15, -0.1) is 19.0 Å². The minimum atomic E-state index is -5.11. The van der Waals surface area contributed by atoms with Crippen molar-refractivity contribution >= 4 is 13.5 Å². The highest BCUT2D eigenvalue weighted by Gasteiger charge is 2.62. The van der Waals surface area contributed by atoms with Gasteiger partial charge in [-0.2, -0.15) is 26.3 Å². The third kappa shape index (κ3) is 2.28. The van der Waals surface area contributed by atoms with E-state index in [9.17, 15) is 30.9 Å². The molecule has 0 spiro atoms. The van der Waals surface area contributed by atoms with E-state index in [0.717, 1.165) is 0 Å². The first-order valence-corrected chi connectivity index (χ1v) is 6.54. The average Bonchev–Trinajstić information content (AvgIpc) is 2.78. The maximum Gasteiger partial charge on any atom is 0.538 e. The van der Waals surface area contributed by atoms with Crippen LogP contribution in [0.1, 0.15) is 11.1 Å². The molecule has 3 saturated heterocycles. The molecule has 1 aromatic carbocycles. The summed E-state index contributed by atoms with van der Waals surface area (Å²) in [5.41, 5.74) is -4.72. The van der Waals surface area contributed by atoms with Gasteiger partial charge in [-0.05, 0) is 12.1 Å². The predicted molar refractivity (Wildman–Crippen MR) is 51.6 cm³/mol. The molecule has 3 aliphatic heterocycles. The van der Waals surface area contributed by atoms with Crippen molar-refractivity contribution in [2.75, 3.05) is 5.17 Å². The summed E-state index contributed by atoms with van der Waals surface area (Å²) in [4.78, 5) is 0. The van der Waals surface area contributed by atoms with Crippen molar-refractivity contribution in [1.29, 1.82) is 0 Å². The zero-order valence-electron chi connectivity index (χ0n) is 9.47. The van der Waals surface area contributed by atoms with Crippen LogP contribution in [0.4, 0.5) is 32.0 Å². The number of halogens is 6. The van der Waals surface area contributed by atoms with Gasteiger partial charge in [0.1, 0.15) is 5.69 Å². The predicted octanol–water partition coefficient (Wildman–Crippen LogP) is 3.68. The van der Waals surface area contributed by atoms with Crippen LogP contribution in [0.15, 0.2) is 18.2 Å². The molecule has 0 aliphatic carbocycles. The quantitative estimate of drug-likeness (QED) is 0.576. The van der Waals surface area contributed by atoms with E-state index >= 15 is 0 Å². The first-order valence-electron chi connectivity index (χ1n) is 5.08. The summed E-state index contributed by atoms with van der Waals surface area (Å²) in [7, 11) is -4.15. The van der Waals surface area contributed by atoms with Crippen molar-refractivity contribution < 1.29 is 44.8 Å². The number of fused-ring (bicyclic) bond motifs is 1. The Morgan fingerprint density at radius 3 is 1.71 bits per heavy atom. The van der Waals surface area contributed by atoms with E-state index in [1.165, 1.54) is 0 Å². The van der Waals surface area contributed by atoms with Gasteiger partial charge in [0.25, 0.3) is 0 Å². The number of phosphoric acid groups is 1. The first kappa shape index (κ1) is 14.6. The lowest BCUT2D eigenvalue weighted by Crippen LogP contribution is -2.36. The number of hydrogen-bond acceptors (Lipinski definition) is 6. The van der Waals surface area contributed by atoms with Crippen molar-refractivity contribution in [3.05, 3.63) is 29.3 Å². The van der Waals surface area contributed by atoms with Crippen LogP contribution in [0, 0.1) is 0 Å². The normalized spacial score (nSPS) is 28.7. The van der Waals surface area contributed by atoms with Gasteiger partial charge in [-0.25, -0.2) is 4.57 Å². The molecule has 2 bridgehead atoms. The van der Waals surface area contributed by atoms with Crippen molar-refractivity contribution in [3.8, 4) is 0 Å². The Morgan fingerprint density at radius 1 is 0.905 bits per heavy atom. The monoisotopic (exact) mass is 336 g/mol. The van der Waals surface area contributed by atoms with E-state index in [-0.39, 0.29) is 10.5 Å². The highest BCUT2D eigenvalue weighted by molar-refractivity contribution is 7.49. The van der Waals surface area contributed by atoms with Crippen LogP contribution in [0.25, 0.3) is 0 Å². The van der Waals surface area contributed by atoms with Crippen molar-refractivity contribution in [2.24, 2.45) is 0 Å². The van der Waals surface area contributed by atoms with Crippen LogP contribution in [0.2, 0.25) is 0 Å². The summed E-state index contributed by atoms with van der Waals surface area (Å²) >= 11 is 0. The van der Waals surface area contributed by atoms with Crippen LogP contribution in [0.5, 0.6) is 0 Å². The second-order valence-electron chi connectivity index (χ2n) is 3.90. The third-order valence-electron chi connectivity index (χ3n) is 2.50. The topological polar surface area (TPSA) is 51.2 Å². The second kappa shape index (κ2) is 4.11. The maximum absolute atomic E-state index is 12.9. The van der Waals surface area contributed by atoms with Gasteiger partial charge in [-0.1, -0.05) is 6.07 Å². The van der Waals surface area contributed by atoms with Crippen molar-refractivity contribution in [1.82, 2.24) is 5.34 Å². The number of nitrogens with zero attached hydrogens (tertiary/aromatic N) is 2. The highest BCUT2D eigenvalue weighted by atomic mass is 31.2. The van der Waals surface area contributed by atoms with Crippen LogP contribution >= 0.6 is 7.82 Å². The fraction of sp³-hybridized carbons (Fsp3) is 0.250.